The second-order valence-electron chi connectivity index (χ2n) is 5.84. The fourth-order valence-electron chi connectivity index (χ4n) is 2.69. The van der Waals surface area contributed by atoms with Gasteiger partial charge in [-0.05, 0) is 49.6 Å². The van der Waals surface area contributed by atoms with Crippen molar-refractivity contribution in [1.29, 1.82) is 0 Å². The summed E-state index contributed by atoms with van der Waals surface area (Å²) in [5.41, 5.74) is 2.26. The van der Waals surface area contributed by atoms with Crippen molar-refractivity contribution in [3.63, 3.8) is 0 Å². The van der Waals surface area contributed by atoms with Gasteiger partial charge in [0.1, 0.15) is 5.69 Å². The summed E-state index contributed by atoms with van der Waals surface area (Å²) in [6, 6.07) is 8.44. The topological polar surface area (TPSA) is 62.3 Å². The Kier molecular flexibility index (Phi) is 4.81. The lowest BCUT2D eigenvalue weighted by atomic mass is 10.1. The van der Waals surface area contributed by atoms with Crippen LogP contribution in [0.2, 0.25) is 5.02 Å². The lowest BCUT2D eigenvalue weighted by molar-refractivity contribution is 0.0787. The van der Waals surface area contributed by atoms with E-state index in [9.17, 15) is 9.59 Å². The van der Waals surface area contributed by atoms with E-state index < -0.39 is 0 Å². The molecule has 1 aromatic carbocycles. The molecule has 3 rings (SSSR count). The minimum atomic E-state index is -0.293. The van der Waals surface area contributed by atoms with Gasteiger partial charge >= 0.3 is 0 Å². The molecule has 0 spiro atoms. The van der Waals surface area contributed by atoms with Crippen LogP contribution in [-0.2, 0) is 0 Å². The lowest BCUT2D eigenvalue weighted by Gasteiger charge is -2.15. The molecule has 2 amide bonds. The number of aryl methyl sites for hydroxylation is 1. The maximum Gasteiger partial charge on any atom is 0.272 e. The molecule has 1 saturated heterocycles. The van der Waals surface area contributed by atoms with Gasteiger partial charge in [0, 0.05) is 35.6 Å². The van der Waals surface area contributed by atoms with Gasteiger partial charge in [0.2, 0.25) is 0 Å². The number of hydrogen-bond donors (Lipinski definition) is 1. The van der Waals surface area contributed by atoms with E-state index in [0.29, 0.717) is 22.0 Å². The number of amides is 2. The summed E-state index contributed by atoms with van der Waals surface area (Å²) in [5, 5.41) is 3.38. The van der Waals surface area contributed by atoms with Crippen molar-refractivity contribution in [3.8, 4) is 0 Å². The third kappa shape index (κ3) is 3.57. The molecule has 0 atom stereocenters. The lowest BCUT2D eigenvalue weighted by Crippen LogP contribution is -2.28. The van der Waals surface area contributed by atoms with E-state index in [1.165, 1.54) is 12.3 Å². The molecule has 0 radical (unpaired) electrons. The summed E-state index contributed by atoms with van der Waals surface area (Å²) in [5.74, 6) is -0.417. The number of carbonyl (C=O) groups is 2. The maximum atomic E-state index is 12.5. The Labute approximate surface area is 145 Å². The number of nitrogens with one attached hydrogen (secondary N) is 1. The summed E-state index contributed by atoms with van der Waals surface area (Å²) in [7, 11) is 0. The SMILES string of the molecule is Cc1ccc(Cl)cc1NC(=O)c1ccnc(C(=O)N2CCCC2)c1. The predicted molar refractivity (Wildman–Crippen MR) is 93.5 cm³/mol. The van der Waals surface area contributed by atoms with Crippen LogP contribution in [0, 0.1) is 6.92 Å². The summed E-state index contributed by atoms with van der Waals surface area (Å²) in [6.45, 7) is 3.39. The average molecular weight is 344 g/mol. The van der Waals surface area contributed by atoms with E-state index in [1.54, 1.807) is 23.1 Å². The Morgan fingerprint density at radius 1 is 1.17 bits per heavy atom. The standard InChI is InChI=1S/C18H18ClN3O2/c1-12-4-5-14(19)11-15(12)21-17(23)13-6-7-20-16(10-13)18(24)22-8-2-3-9-22/h4-7,10-11H,2-3,8-9H2,1H3,(H,21,23). The van der Waals surface area contributed by atoms with Crippen LogP contribution in [0.1, 0.15) is 39.3 Å². The second kappa shape index (κ2) is 7.01. The largest absolute Gasteiger partial charge is 0.337 e. The van der Waals surface area contributed by atoms with Crippen molar-refractivity contribution in [2.45, 2.75) is 19.8 Å². The van der Waals surface area contributed by atoms with Gasteiger partial charge < -0.3 is 10.2 Å². The van der Waals surface area contributed by atoms with E-state index in [-0.39, 0.29) is 11.8 Å². The second-order valence-corrected chi connectivity index (χ2v) is 6.28. The molecule has 24 heavy (non-hydrogen) atoms. The van der Waals surface area contributed by atoms with Crippen LogP contribution in [0.5, 0.6) is 0 Å². The molecular weight excluding hydrogens is 326 g/mol. The third-order valence-corrected chi connectivity index (χ3v) is 4.32. The van der Waals surface area contributed by atoms with Crippen LogP contribution in [0.25, 0.3) is 0 Å². The monoisotopic (exact) mass is 343 g/mol. The molecule has 6 heteroatoms. The molecular formula is C18H18ClN3O2. The van der Waals surface area contributed by atoms with Gasteiger partial charge in [-0.1, -0.05) is 17.7 Å². The van der Waals surface area contributed by atoms with E-state index in [0.717, 1.165) is 31.5 Å². The molecule has 1 aliphatic rings. The van der Waals surface area contributed by atoms with Gasteiger partial charge in [0.05, 0.1) is 0 Å². The number of likely N-dealkylation sites (tertiary alicyclic amines) is 1. The Bertz CT molecular complexity index is 786. The van der Waals surface area contributed by atoms with Gasteiger partial charge in [-0.2, -0.15) is 0 Å². The number of halogens is 1. The first-order chi connectivity index (χ1) is 11.5. The highest BCUT2D eigenvalue weighted by atomic mass is 35.5. The molecule has 1 aliphatic heterocycles. The zero-order chi connectivity index (χ0) is 17.1. The Morgan fingerprint density at radius 3 is 2.67 bits per heavy atom. The number of carbonyl (C=O) groups excluding carboxylic acids is 2. The van der Waals surface area contributed by atoms with Crippen molar-refractivity contribution in [1.82, 2.24) is 9.88 Å². The van der Waals surface area contributed by atoms with E-state index in [4.69, 9.17) is 11.6 Å². The van der Waals surface area contributed by atoms with Crippen LogP contribution in [-0.4, -0.2) is 34.8 Å². The molecule has 0 unspecified atom stereocenters. The smallest absolute Gasteiger partial charge is 0.272 e. The van der Waals surface area contributed by atoms with Crippen LogP contribution in [0.15, 0.2) is 36.5 Å². The highest BCUT2D eigenvalue weighted by Gasteiger charge is 2.21. The van der Waals surface area contributed by atoms with Gasteiger partial charge in [0.15, 0.2) is 0 Å². The van der Waals surface area contributed by atoms with Crippen molar-refractivity contribution in [2.75, 3.05) is 18.4 Å². The molecule has 0 aliphatic carbocycles. The van der Waals surface area contributed by atoms with Crippen molar-refractivity contribution >= 4 is 29.1 Å². The van der Waals surface area contributed by atoms with Gasteiger partial charge in [0.25, 0.3) is 11.8 Å². The van der Waals surface area contributed by atoms with E-state index in [2.05, 4.69) is 10.3 Å². The number of rotatable bonds is 3. The molecule has 1 aromatic heterocycles. The fourth-order valence-corrected chi connectivity index (χ4v) is 2.87. The minimum absolute atomic E-state index is 0.124. The van der Waals surface area contributed by atoms with Crippen molar-refractivity contribution < 1.29 is 9.59 Å². The molecule has 2 aromatic rings. The molecule has 0 saturated carbocycles. The molecule has 1 N–H and O–H groups in total. The third-order valence-electron chi connectivity index (χ3n) is 4.08. The quantitative estimate of drug-likeness (QED) is 0.927. The highest BCUT2D eigenvalue weighted by Crippen LogP contribution is 2.21. The van der Waals surface area contributed by atoms with Crippen molar-refractivity contribution in [2.24, 2.45) is 0 Å². The van der Waals surface area contributed by atoms with Gasteiger partial charge in [-0.25, -0.2) is 0 Å². The predicted octanol–water partition coefficient (Wildman–Crippen LogP) is 3.53. The summed E-state index contributed by atoms with van der Waals surface area (Å²) in [4.78, 5) is 30.7. The number of anilines is 1. The highest BCUT2D eigenvalue weighted by molar-refractivity contribution is 6.31. The van der Waals surface area contributed by atoms with E-state index in [1.807, 2.05) is 13.0 Å². The molecule has 0 bridgehead atoms. The number of benzene rings is 1. The first-order valence-electron chi connectivity index (χ1n) is 7.87. The summed E-state index contributed by atoms with van der Waals surface area (Å²) >= 11 is 5.97. The Hall–Kier alpha value is -2.40. The number of hydrogen-bond acceptors (Lipinski definition) is 3. The average Bonchev–Trinajstić information content (AvgIpc) is 3.12. The zero-order valence-electron chi connectivity index (χ0n) is 13.4. The minimum Gasteiger partial charge on any atom is -0.337 e. The molecule has 5 nitrogen and oxygen atoms in total. The maximum absolute atomic E-state index is 12.5. The molecule has 2 heterocycles. The normalized spacial score (nSPS) is 13.8. The summed E-state index contributed by atoms with van der Waals surface area (Å²) in [6.07, 6.45) is 3.52. The number of nitrogens with zero attached hydrogens (tertiary/aromatic N) is 2. The van der Waals surface area contributed by atoms with Crippen molar-refractivity contribution in [3.05, 3.63) is 58.4 Å². The molecule has 1 fully saturated rings. The van der Waals surface area contributed by atoms with E-state index >= 15 is 0 Å². The first-order valence-corrected chi connectivity index (χ1v) is 8.25. The zero-order valence-corrected chi connectivity index (χ0v) is 14.1. The number of pyridine rings is 1. The van der Waals surface area contributed by atoms with Gasteiger partial charge in [-0.15, -0.1) is 0 Å². The first kappa shape index (κ1) is 16.5. The summed E-state index contributed by atoms with van der Waals surface area (Å²) < 4.78 is 0. The fraction of sp³-hybridized carbons (Fsp3) is 0.278. The number of aromatic nitrogens is 1. The van der Waals surface area contributed by atoms with Gasteiger partial charge in [-0.3, -0.25) is 14.6 Å². The van der Waals surface area contributed by atoms with Crippen LogP contribution < -0.4 is 5.32 Å². The van der Waals surface area contributed by atoms with Crippen LogP contribution >= 0.6 is 11.6 Å². The molecule has 124 valence electrons. The Morgan fingerprint density at radius 2 is 1.92 bits per heavy atom. The Balaban J connectivity index is 1.79. The van der Waals surface area contributed by atoms with Crippen LogP contribution in [0.4, 0.5) is 5.69 Å². The van der Waals surface area contributed by atoms with Crippen LogP contribution in [0.3, 0.4) is 0 Å².